The Balaban J connectivity index is 1.87. The van der Waals surface area contributed by atoms with Crippen LogP contribution >= 0.6 is 0 Å². The van der Waals surface area contributed by atoms with Crippen molar-refractivity contribution in [2.75, 3.05) is 11.5 Å². The predicted octanol–water partition coefficient (Wildman–Crippen LogP) is 3.31. The van der Waals surface area contributed by atoms with Crippen molar-refractivity contribution in [1.82, 2.24) is 0 Å². The molecule has 0 aromatic carbocycles. The summed E-state index contributed by atoms with van der Waals surface area (Å²) in [5.41, 5.74) is 0. The van der Waals surface area contributed by atoms with Gasteiger partial charge in [0.05, 0.1) is 17.6 Å². The molecule has 27 heavy (non-hydrogen) atoms. The van der Waals surface area contributed by atoms with Crippen LogP contribution in [0.15, 0.2) is 11.8 Å². The Bertz CT molecular complexity index is 626. The molecule has 5 atom stereocenters. The first-order valence-corrected chi connectivity index (χ1v) is 12.0. The van der Waals surface area contributed by atoms with Gasteiger partial charge >= 0.3 is 5.97 Å². The van der Waals surface area contributed by atoms with Crippen molar-refractivity contribution in [2.24, 2.45) is 23.7 Å². The first kappa shape index (κ1) is 22.2. The Morgan fingerprint density at radius 3 is 2.52 bits per heavy atom. The molecule has 0 saturated heterocycles. The van der Waals surface area contributed by atoms with Crippen LogP contribution in [0.5, 0.6) is 0 Å². The summed E-state index contributed by atoms with van der Waals surface area (Å²) < 4.78 is 23.6. The Labute approximate surface area is 162 Å². The average Bonchev–Trinajstić information content (AvgIpc) is 3.07. The van der Waals surface area contributed by atoms with E-state index in [0.717, 1.165) is 32.1 Å². The van der Waals surface area contributed by atoms with Gasteiger partial charge in [-0.15, -0.1) is 0 Å². The molecule has 2 fully saturated rings. The van der Waals surface area contributed by atoms with E-state index in [1.54, 1.807) is 0 Å². The number of rotatable bonds is 11. The lowest BCUT2D eigenvalue weighted by atomic mass is 9.88. The molecule has 0 aromatic heterocycles. The van der Waals surface area contributed by atoms with Crippen LogP contribution in [0.1, 0.15) is 64.7 Å². The second-order valence-corrected chi connectivity index (χ2v) is 10.5. The quantitative estimate of drug-likeness (QED) is 0.361. The van der Waals surface area contributed by atoms with Gasteiger partial charge in [0.2, 0.25) is 0 Å². The summed E-state index contributed by atoms with van der Waals surface area (Å²) in [6, 6.07) is 0. The van der Waals surface area contributed by atoms with E-state index in [1.165, 1.54) is 12.8 Å². The second-order valence-electron chi connectivity index (χ2n) is 8.34. The first-order chi connectivity index (χ1) is 12.7. The Hall–Kier alpha value is -1.08. The summed E-state index contributed by atoms with van der Waals surface area (Å²) in [6.07, 6.45) is 9.47. The highest BCUT2D eigenvalue weighted by molar-refractivity contribution is 7.92. The number of carboxylic acids is 1. The average molecular weight is 403 g/mol. The number of aliphatic hydroxyl groups excluding tert-OH is 2. The number of unbranched alkanes of at least 4 members (excludes halogenated alkanes) is 4. The van der Waals surface area contributed by atoms with Crippen LogP contribution in [0, 0.1) is 23.7 Å². The third-order valence-electron chi connectivity index (χ3n) is 6.20. The van der Waals surface area contributed by atoms with Gasteiger partial charge in [-0.25, -0.2) is 8.42 Å². The number of carboxylic acid groups (broad SMARTS) is 1. The molecule has 0 spiro atoms. The lowest BCUT2D eigenvalue weighted by Gasteiger charge is -2.21. The molecule has 7 heteroatoms. The van der Waals surface area contributed by atoms with Crippen LogP contribution in [-0.4, -0.2) is 47.3 Å². The predicted molar refractivity (Wildman–Crippen MR) is 104 cm³/mol. The maximum Gasteiger partial charge on any atom is 0.318 e. The molecule has 2 aliphatic rings. The summed E-state index contributed by atoms with van der Waals surface area (Å²) in [5, 5.41) is 29.6. The van der Waals surface area contributed by atoms with Crippen molar-refractivity contribution in [3.8, 4) is 0 Å². The van der Waals surface area contributed by atoms with E-state index in [2.05, 4.69) is 6.92 Å². The van der Waals surface area contributed by atoms with E-state index in [-0.39, 0.29) is 23.5 Å². The molecule has 0 heterocycles. The van der Waals surface area contributed by atoms with Gasteiger partial charge in [-0.05, 0) is 62.4 Å². The molecule has 6 nitrogen and oxygen atoms in total. The van der Waals surface area contributed by atoms with Crippen LogP contribution in [0.4, 0.5) is 0 Å². The number of sulfone groups is 1. The zero-order chi connectivity index (χ0) is 20.0. The number of fused-ring (bicyclic) bond motifs is 1. The Morgan fingerprint density at radius 1 is 1.11 bits per heavy atom. The van der Waals surface area contributed by atoms with Crippen LogP contribution < -0.4 is 0 Å². The lowest BCUT2D eigenvalue weighted by molar-refractivity contribution is -0.134. The number of hydrogen-bond acceptors (Lipinski definition) is 5. The fraction of sp³-hybridized carbons (Fsp3) is 0.850. The van der Waals surface area contributed by atoms with E-state index in [9.17, 15) is 23.4 Å². The summed E-state index contributed by atoms with van der Waals surface area (Å²) in [5.74, 6) is -1.43. The molecule has 0 aliphatic heterocycles. The molecule has 0 bridgehead atoms. The minimum atomic E-state index is -3.56. The molecule has 3 N–H and O–H groups in total. The van der Waals surface area contributed by atoms with Gasteiger partial charge in [0, 0.05) is 5.92 Å². The van der Waals surface area contributed by atoms with Gasteiger partial charge in [0.25, 0.3) is 0 Å². The van der Waals surface area contributed by atoms with Crippen LogP contribution in [0.3, 0.4) is 0 Å². The van der Waals surface area contributed by atoms with E-state index < -0.39 is 27.7 Å². The molecule has 0 radical (unpaired) electrons. The number of aliphatic carboxylic acids is 1. The molecule has 2 rings (SSSR count). The second kappa shape index (κ2) is 9.92. The summed E-state index contributed by atoms with van der Waals surface area (Å²) in [6.45, 7) is 2.16. The monoisotopic (exact) mass is 402 g/mol. The van der Waals surface area contributed by atoms with E-state index >= 15 is 0 Å². The third kappa shape index (κ3) is 6.49. The zero-order valence-corrected chi connectivity index (χ0v) is 17.0. The van der Waals surface area contributed by atoms with Crippen LogP contribution in [0.2, 0.25) is 0 Å². The van der Waals surface area contributed by atoms with Gasteiger partial charge in [-0.3, -0.25) is 4.79 Å². The van der Waals surface area contributed by atoms with Crippen LogP contribution in [-0.2, 0) is 14.6 Å². The smallest absolute Gasteiger partial charge is 0.318 e. The van der Waals surface area contributed by atoms with E-state index in [4.69, 9.17) is 5.11 Å². The number of carbonyl (C=O) groups is 1. The normalized spacial score (nSPS) is 31.2. The lowest BCUT2D eigenvalue weighted by Crippen LogP contribution is -2.23. The molecular weight excluding hydrogens is 368 g/mol. The fourth-order valence-electron chi connectivity index (χ4n) is 4.95. The zero-order valence-electron chi connectivity index (χ0n) is 16.2. The molecular formula is C20H34O6S. The number of allylic oxidation sites excluding steroid dienone is 1. The largest absolute Gasteiger partial charge is 0.512 e. The van der Waals surface area contributed by atoms with Gasteiger partial charge in [-0.2, -0.15) is 0 Å². The summed E-state index contributed by atoms with van der Waals surface area (Å²) >= 11 is 0. The molecule has 2 aliphatic carbocycles. The van der Waals surface area contributed by atoms with Gasteiger partial charge in [0.1, 0.15) is 5.75 Å². The highest BCUT2D eigenvalue weighted by atomic mass is 32.2. The first-order valence-electron chi connectivity index (χ1n) is 10.2. The maximum absolute atomic E-state index is 11.8. The number of aliphatic hydroxyl groups is 2. The van der Waals surface area contributed by atoms with Crippen molar-refractivity contribution < 1.29 is 28.5 Å². The molecule has 0 unspecified atom stereocenters. The van der Waals surface area contributed by atoms with E-state index in [0.29, 0.717) is 24.5 Å². The minimum absolute atomic E-state index is 0.101. The fourth-order valence-corrected chi connectivity index (χ4v) is 6.16. The van der Waals surface area contributed by atoms with Gasteiger partial charge < -0.3 is 15.3 Å². The van der Waals surface area contributed by atoms with Crippen molar-refractivity contribution in [1.29, 1.82) is 0 Å². The standard InChI is InChI=1S/C20H34O6S/c1-2-3-4-5-6-7-17(21)20-16-11-14(10-15(16)12-18(20)22)8-9-27(25,26)13-19(23)24/h7,14-16,18,20-22H,2-6,8-13H2,1H3,(H,23,24)/t14-,15-,16-,18-,20+/m1/s1. The highest BCUT2D eigenvalue weighted by Crippen LogP contribution is 2.52. The third-order valence-corrected chi connectivity index (χ3v) is 7.74. The van der Waals surface area contributed by atoms with Crippen molar-refractivity contribution in [2.45, 2.75) is 70.8 Å². The molecule has 0 amide bonds. The van der Waals surface area contributed by atoms with Crippen molar-refractivity contribution in [3.63, 3.8) is 0 Å². The van der Waals surface area contributed by atoms with Crippen molar-refractivity contribution in [3.05, 3.63) is 11.8 Å². The minimum Gasteiger partial charge on any atom is -0.512 e. The topological polar surface area (TPSA) is 112 Å². The molecule has 0 aromatic rings. The van der Waals surface area contributed by atoms with Crippen molar-refractivity contribution >= 4 is 15.8 Å². The van der Waals surface area contributed by atoms with Gasteiger partial charge in [-0.1, -0.05) is 26.2 Å². The Morgan fingerprint density at radius 2 is 1.85 bits per heavy atom. The number of hydrogen-bond donors (Lipinski definition) is 3. The summed E-state index contributed by atoms with van der Waals surface area (Å²) in [7, 11) is -3.56. The Kier molecular flexibility index (Phi) is 8.16. The summed E-state index contributed by atoms with van der Waals surface area (Å²) in [4.78, 5) is 10.6. The van der Waals surface area contributed by atoms with E-state index in [1.807, 2.05) is 6.08 Å². The molecule has 156 valence electrons. The molecule has 2 saturated carbocycles. The van der Waals surface area contributed by atoms with Crippen LogP contribution in [0.25, 0.3) is 0 Å². The SMILES string of the molecule is CCCCCCC=C(O)[C@@H]1[C@@H]2C[C@H](CCS(=O)(=O)CC(=O)O)C[C@@H]2C[C@H]1O. The highest BCUT2D eigenvalue weighted by Gasteiger charge is 2.49. The van der Waals surface area contributed by atoms with Gasteiger partial charge in [0.15, 0.2) is 9.84 Å². The maximum atomic E-state index is 11.8.